The van der Waals surface area contributed by atoms with Gasteiger partial charge in [-0.1, -0.05) is 53.2 Å². The Hall–Kier alpha value is -2.26. The van der Waals surface area contributed by atoms with Crippen LogP contribution < -0.4 is 14.8 Å². The fourth-order valence-corrected chi connectivity index (χ4v) is 4.87. The maximum Gasteiger partial charge on any atom is 0.266 e. The average molecular weight is 511 g/mol. The summed E-state index contributed by atoms with van der Waals surface area (Å²) >= 11 is 18.5. The molecule has 0 spiro atoms. The van der Waals surface area contributed by atoms with E-state index in [1.54, 1.807) is 41.3 Å². The molecule has 1 fully saturated rings. The van der Waals surface area contributed by atoms with E-state index in [0.717, 1.165) is 5.56 Å². The second kappa shape index (κ2) is 10.6. The molecule has 1 saturated heterocycles. The van der Waals surface area contributed by atoms with Gasteiger partial charge in [0.05, 0.1) is 22.7 Å². The number of nitrogens with zero attached hydrogens (tertiary/aromatic N) is 1. The van der Waals surface area contributed by atoms with Gasteiger partial charge in [-0.25, -0.2) is 0 Å². The van der Waals surface area contributed by atoms with Crippen LogP contribution in [0.1, 0.15) is 19.4 Å². The summed E-state index contributed by atoms with van der Waals surface area (Å²) < 4.78 is 11.5. The lowest BCUT2D eigenvalue weighted by atomic mass is 10.1. The van der Waals surface area contributed by atoms with Gasteiger partial charge in [-0.15, -0.1) is 0 Å². The third-order valence-corrected chi connectivity index (χ3v) is 6.27. The number of anilines is 1. The van der Waals surface area contributed by atoms with Crippen molar-refractivity contribution in [2.24, 2.45) is 0 Å². The summed E-state index contributed by atoms with van der Waals surface area (Å²) in [6.45, 7) is 3.58. The monoisotopic (exact) mass is 510 g/mol. The van der Waals surface area contributed by atoms with Crippen LogP contribution in [0.25, 0.3) is 6.08 Å². The molecule has 32 heavy (non-hydrogen) atoms. The number of ether oxygens (including phenoxy) is 2. The average Bonchev–Trinajstić information content (AvgIpc) is 3.02. The third kappa shape index (κ3) is 5.75. The molecule has 0 bridgehead atoms. The summed E-state index contributed by atoms with van der Waals surface area (Å²) in [5.41, 5.74) is 1.18. The quantitative estimate of drug-likeness (QED) is 0.384. The molecule has 0 aliphatic carbocycles. The molecule has 10 heteroatoms. The molecule has 168 valence electrons. The van der Waals surface area contributed by atoms with Gasteiger partial charge in [0.15, 0.2) is 18.1 Å². The molecule has 2 aromatic carbocycles. The molecule has 0 aromatic heterocycles. The van der Waals surface area contributed by atoms with Gasteiger partial charge in [-0.05, 0) is 55.8 Å². The molecule has 1 aliphatic rings. The summed E-state index contributed by atoms with van der Waals surface area (Å²) in [5.74, 6) is 0.302. The smallest absolute Gasteiger partial charge is 0.266 e. The standard InChI is InChI=1S/C22H20Cl2N2O4S2/c1-12(2)26-21(28)19(32-22(26)31)9-13-4-7-17(18(8-13)29-3)30-11-20(27)25-16-6-5-14(23)10-15(16)24/h4-10,12H,11H2,1-3H3,(H,25,27)/b19-9-. The number of thiocarbonyl (C=S) groups is 1. The molecule has 1 heterocycles. The zero-order valence-electron chi connectivity index (χ0n) is 17.5. The first-order valence-electron chi connectivity index (χ1n) is 9.52. The molecule has 1 aliphatic heterocycles. The fraction of sp³-hybridized carbons (Fsp3) is 0.227. The first-order chi connectivity index (χ1) is 15.2. The number of carbonyl (C=O) groups excluding carboxylic acids is 2. The summed E-state index contributed by atoms with van der Waals surface area (Å²) in [6, 6.07) is 9.94. The lowest BCUT2D eigenvalue weighted by Crippen LogP contribution is -2.34. The van der Waals surface area contributed by atoms with E-state index in [4.69, 9.17) is 44.9 Å². The van der Waals surface area contributed by atoms with Crippen LogP contribution in [0, 0.1) is 0 Å². The van der Waals surface area contributed by atoms with E-state index in [1.807, 2.05) is 13.8 Å². The summed E-state index contributed by atoms with van der Waals surface area (Å²) in [7, 11) is 1.50. The zero-order valence-corrected chi connectivity index (χ0v) is 20.6. The molecule has 0 unspecified atom stereocenters. The Morgan fingerprint density at radius 3 is 2.59 bits per heavy atom. The molecule has 0 atom stereocenters. The first-order valence-corrected chi connectivity index (χ1v) is 11.5. The Kier molecular flexibility index (Phi) is 8.05. The van der Waals surface area contributed by atoms with Crippen molar-refractivity contribution in [2.45, 2.75) is 19.9 Å². The highest BCUT2D eigenvalue weighted by Crippen LogP contribution is 2.35. The van der Waals surface area contributed by atoms with Gasteiger partial charge in [-0.3, -0.25) is 14.5 Å². The van der Waals surface area contributed by atoms with Gasteiger partial charge < -0.3 is 14.8 Å². The highest BCUT2D eigenvalue weighted by atomic mass is 35.5. The minimum atomic E-state index is -0.391. The van der Waals surface area contributed by atoms with E-state index in [1.165, 1.54) is 24.9 Å². The van der Waals surface area contributed by atoms with Crippen molar-refractivity contribution in [2.75, 3.05) is 19.0 Å². The van der Waals surface area contributed by atoms with Crippen molar-refractivity contribution in [1.82, 2.24) is 4.90 Å². The maximum atomic E-state index is 12.6. The number of nitrogens with one attached hydrogen (secondary N) is 1. The molecule has 0 saturated carbocycles. The van der Waals surface area contributed by atoms with E-state index in [-0.39, 0.29) is 18.6 Å². The number of methoxy groups -OCH3 is 1. The van der Waals surface area contributed by atoms with E-state index in [9.17, 15) is 9.59 Å². The minimum Gasteiger partial charge on any atom is -0.493 e. The normalized spacial score (nSPS) is 14.9. The molecular formula is C22H20Cl2N2O4S2. The van der Waals surface area contributed by atoms with Gasteiger partial charge in [0, 0.05) is 11.1 Å². The van der Waals surface area contributed by atoms with Gasteiger partial charge in [0.1, 0.15) is 4.32 Å². The van der Waals surface area contributed by atoms with Gasteiger partial charge in [0.2, 0.25) is 0 Å². The Bertz CT molecular complexity index is 1110. The van der Waals surface area contributed by atoms with Crippen LogP contribution in [-0.2, 0) is 9.59 Å². The van der Waals surface area contributed by atoms with E-state index in [0.29, 0.717) is 36.5 Å². The number of hydrogen-bond donors (Lipinski definition) is 1. The third-order valence-electron chi connectivity index (χ3n) is 4.39. The SMILES string of the molecule is COc1cc(/C=C2\SC(=S)N(C(C)C)C2=O)ccc1OCC(=O)Nc1ccc(Cl)cc1Cl. The van der Waals surface area contributed by atoms with Crippen molar-refractivity contribution in [3.05, 3.63) is 56.9 Å². The molecule has 3 rings (SSSR count). The molecule has 0 radical (unpaired) electrons. The number of amides is 2. The lowest BCUT2D eigenvalue weighted by molar-refractivity contribution is -0.123. The molecule has 2 aromatic rings. The van der Waals surface area contributed by atoms with Crippen LogP contribution in [0.15, 0.2) is 41.3 Å². The van der Waals surface area contributed by atoms with E-state index >= 15 is 0 Å². The number of benzene rings is 2. The Balaban J connectivity index is 1.68. The van der Waals surface area contributed by atoms with Crippen LogP contribution in [0.4, 0.5) is 5.69 Å². The largest absolute Gasteiger partial charge is 0.493 e. The highest BCUT2D eigenvalue weighted by Gasteiger charge is 2.33. The zero-order chi connectivity index (χ0) is 23.4. The van der Waals surface area contributed by atoms with Crippen molar-refractivity contribution < 1.29 is 19.1 Å². The van der Waals surface area contributed by atoms with Crippen molar-refractivity contribution >= 4 is 75.1 Å². The molecular weight excluding hydrogens is 491 g/mol. The van der Waals surface area contributed by atoms with E-state index in [2.05, 4.69) is 5.32 Å². The summed E-state index contributed by atoms with van der Waals surface area (Å²) in [6.07, 6.45) is 1.75. The molecule has 2 amide bonds. The second-order valence-corrected chi connectivity index (χ2v) is 9.54. The number of rotatable bonds is 7. The minimum absolute atomic E-state index is 0.00684. The predicted molar refractivity (Wildman–Crippen MR) is 134 cm³/mol. The van der Waals surface area contributed by atoms with Crippen LogP contribution in [-0.4, -0.2) is 40.8 Å². The van der Waals surface area contributed by atoms with Crippen molar-refractivity contribution in [1.29, 1.82) is 0 Å². The van der Waals surface area contributed by atoms with Crippen molar-refractivity contribution in [3.63, 3.8) is 0 Å². The van der Waals surface area contributed by atoms with Crippen molar-refractivity contribution in [3.8, 4) is 11.5 Å². The summed E-state index contributed by atoms with van der Waals surface area (Å²) in [5, 5.41) is 3.47. The van der Waals surface area contributed by atoms with Crippen LogP contribution >= 0.6 is 47.2 Å². The number of hydrogen-bond acceptors (Lipinski definition) is 6. The van der Waals surface area contributed by atoms with Gasteiger partial charge >= 0.3 is 0 Å². The molecule has 1 N–H and O–H groups in total. The number of thioether (sulfide) groups is 1. The predicted octanol–water partition coefficient (Wildman–Crippen LogP) is 5.63. The second-order valence-electron chi connectivity index (χ2n) is 7.02. The van der Waals surface area contributed by atoms with Crippen LogP contribution in [0.3, 0.4) is 0 Å². The summed E-state index contributed by atoms with van der Waals surface area (Å²) in [4.78, 5) is 27.0. The van der Waals surface area contributed by atoms with Crippen LogP contribution in [0.5, 0.6) is 11.5 Å². The van der Waals surface area contributed by atoms with Crippen LogP contribution in [0.2, 0.25) is 10.0 Å². The lowest BCUT2D eigenvalue weighted by Gasteiger charge is -2.18. The first kappa shape index (κ1) is 24.4. The Labute approximate surface area is 205 Å². The van der Waals surface area contributed by atoms with Gasteiger partial charge in [0.25, 0.3) is 11.8 Å². The number of halogens is 2. The highest BCUT2D eigenvalue weighted by molar-refractivity contribution is 8.26. The van der Waals surface area contributed by atoms with Gasteiger partial charge in [-0.2, -0.15) is 0 Å². The topological polar surface area (TPSA) is 67.9 Å². The Morgan fingerprint density at radius 2 is 1.97 bits per heavy atom. The molecule has 6 nitrogen and oxygen atoms in total. The Morgan fingerprint density at radius 1 is 1.22 bits per heavy atom. The van der Waals surface area contributed by atoms with E-state index < -0.39 is 5.91 Å². The number of carbonyl (C=O) groups is 2. The maximum absolute atomic E-state index is 12.6. The fourth-order valence-electron chi connectivity index (χ4n) is 2.89.